The molecule has 1 aromatic heterocycles. The number of aromatic nitrogens is 2. The van der Waals surface area contributed by atoms with Gasteiger partial charge in [0.2, 0.25) is 5.95 Å². The lowest BCUT2D eigenvalue weighted by atomic mass is 10.3. The predicted octanol–water partition coefficient (Wildman–Crippen LogP) is 4.38. The van der Waals surface area contributed by atoms with Crippen molar-refractivity contribution < 1.29 is 0 Å². The number of benzene rings is 2. The fourth-order valence-corrected chi connectivity index (χ4v) is 2.36. The number of para-hydroxylation sites is 2. The van der Waals surface area contributed by atoms with E-state index in [0.717, 1.165) is 21.8 Å². The molecule has 0 fully saturated rings. The Morgan fingerprint density at radius 2 is 1.68 bits per heavy atom. The van der Waals surface area contributed by atoms with Gasteiger partial charge >= 0.3 is 0 Å². The van der Waals surface area contributed by atoms with Crippen molar-refractivity contribution in [1.29, 1.82) is 0 Å². The molecule has 94 valence electrons. The number of rotatable bonds is 3. The lowest BCUT2D eigenvalue weighted by molar-refractivity contribution is 1.06. The summed E-state index contributed by atoms with van der Waals surface area (Å²) in [6, 6.07) is 18.1. The summed E-state index contributed by atoms with van der Waals surface area (Å²) in [5, 5.41) is 3.31. The van der Waals surface area contributed by atoms with Crippen molar-refractivity contribution in [2.45, 2.75) is 0 Å². The van der Waals surface area contributed by atoms with Gasteiger partial charge in [-0.25, -0.2) is 4.98 Å². The molecule has 0 aliphatic rings. The molecule has 0 atom stereocenters. The predicted molar refractivity (Wildman–Crippen MR) is 81.0 cm³/mol. The Kier molecular flexibility index (Phi) is 3.33. The van der Waals surface area contributed by atoms with Crippen molar-refractivity contribution >= 4 is 27.6 Å². The van der Waals surface area contributed by atoms with E-state index in [9.17, 15) is 0 Å². The molecule has 0 saturated carbocycles. The lowest BCUT2D eigenvalue weighted by Crippen LogP contribution is -2.01. The molecule has 3 rings (SSSR count). The summed E-state index contributed by atoms with van der Waals surface area (Å²) < 4.78 is 3.04. The smallest absolute Gasteiger partial charge is 0.212 e. The molecule has 0 bridgehead atoms. The van der Waals surface area contributed by atoms with E-state index in [1.165, 1.54) is 0 Å². The Hall–Kier alpha value is -2.07. The van der Waals surface area contributed by atoms with Gasteiger partial charge in [-0.3, -0.25) is 4.57 Å². The second kappa shape index (κ2) is 5.28. The van der Waals surface area contributed by atoms with Gasteiger partial charge in [0.05, 0.1) is 5.69 Å². The summed E-state index contributed by atoms with van der Waals surface area (Å²) in [5.41, 5.74) is 2.07. The molecule has 1 N–H and O–H groups in total. The van der Waals surface area contributed by atoms with Gasteiger partial charge in [-0.1, -0.05) is 30.3 Å². The summed E-state index contributed by atoms with van der Waals surface area (Å²) in [6.07, 6.45) is 3.72. The van der Waals surface area contributed by atoms with E-state index in [-0.39, 0.29) is 0 Å². The van der Waals surface area contributed by atoms with Crippen LogP contribution in [0, 0.1) is 0 Å². The van der Waals surface area contributed by atoms with Crippen LogP contribution in [0.25, 0.3) is 5.69 Å². The summed E-state index contributed by atoms with van der Waals surface area (Å²) in [6.45, 7) is 0. The summed E-state index contributed by atoms with van der Waals surface area (Å²) in [7, 11) is 0. The maximum absolute atomic E-state index is 4.36. The van der Waals surface area contributed by atoms with Gasteiger partial charge in [-0.05, 0) is 40.2 Å². The molecule has 0 spiro atoms. The van der Waals surface area contributed by atoms with Gasteiger partial charge < -0.3 is 5.32 Å². The first-order valence-electron chi connectivity index (χ1n) is 5.95. The summed E-state index contributed by atoms with van der Waals surface area (Å²) >= 11 is 3.56. The standard InChI is InChI=1S/C15H12BrN3/c16-13-8-4-5-9-14(13)19-11-10-17-15(19)18-12-6-2-1-3-7-12/h1-11H,(H,17,18). The molecular weight excluding hydrogens is 302 g/mol. The zero-order valence-electron chi connectivity index (χ0n) is 10.1. The fourth-order valence-electron chi connectivity index (χ4n) is 1.89. The normalized spacial score (nSPS) is 10.4. The molecule has 19 heavy (non-hydrogen) atoms. The zero-order valence-corrected chi connectivity index (χ0v) is 11.7. The number of nitrogens with zero attached hydrogens (tertiary/aromatic N) is 2. The van der Waals surface area contributed by atoms with Crippen molar-refractivity contribution in [2.24, 2.45) is 0 Å². The number of hydrogen-bond donors (Lipinski definition) is 1. The maximum Gasteiger partial charge on any atom is 0.212 e. The van der Waals surface area contributed by atoms with Crippen molar-refractivity contribution in [3.63, 3.8) is 0 Å². The summed E-state index contributed by atoms with van der Waals surface area (Å²) in [5.74, 6) is 0.790. The Morgan fingerprint density at radius 1 is 0.947 bits per heavy atom. The first-order valence-corrected chi connectivity index (χ1v) is 6.74. The average Bonchev–Trinajstić information content (AvgIpc) is 2.88. The third-order valence-corrected chi connectivity index (χ3v) is 3.45. The van der Waals surface area contributed by atoms with E-state index in [1.54, 1.807) is 6.20 Å². The molecule has 3 aromatic rings. The van der Waals surface area contributed by atoms with Gasteiger partial charge in [0, 0.05) is 22.6 Å². The van der Waals surface area contributed by atoms with Crippen LogP contribution in [0.15, 0.2) is 71.5 Å². The minimum atomic E-state index is 0.790. The lowest BCUT2D eigenvalue weighted by Gasteiger charge is -2.11. The molecule has 0 radical (unpaired) electrons. The first-order chi connectivity index (χ1) is 9.34. The zero-order chi connectivity index (χ0) is 13.1. The van der Waals surface area contributed by atoms with Crippen molar-refractivity contribution in [3.05, 3.63) is 71.5 Å². The molecule has 0 amide bonds. The third-order valence-electron chi connectivity index (χ3n) is 2.78. The van der Waals surface area contributed by atoms with E-state index in [1.807, 2.05) is 65.4 Å². The number of halogens is 1. The Morgan fingerprint density at radius 3 is 2.47 bits per heavy atom. The molecule has 0 unspecified atom stereocenters. The molecule has 1 heterocycles. The highest BCUT2D eigenvalue weighted by Crippen LogP contribution is 2.24. The molecule has 0 saturated heterocycles. The highest BCUT2D eigenvalue weighted by Gasteiger charge is 2.07. The van der Waals surface area contributed by atoms with Crippen LogP contribution in [-0.2, 0) is 0 Å². The molecule has 4 heteroatoms. The van der Waals surface area contributed by atoms with Crippen LogP contribution in [0.2, 0.25) is 0 Å². The fraction of sp³-hybridized carbons (Fsp3) is 0. The van der Waals surface area contributed by atoms with Crippen LogP contribution >= 0.6 is 15.9 Å². The van der Waals surface area contributed by atoms with Crippen molar-refractivity contribution in [2.75, 3.05) is 5.32 Å². The maximum atomic E-state index is 4.36. The average molecular weight is 314 g/mol. The van der Waals surface area contributed by atoms with Crippen LogP contribution in [0.1, 0.15) is 0 Å². The van der Waals surface area contributed by atoms with Crippen LogP contribution in [0.4, 0.5) is 11.6 Å². The Bertz CT molecular complexity index is 677. The van der Waals surface area contributed by atoms with Crippen LogP contribution < -0.4 is 5.32 Å². The third kappa shape index (κ3) is 2.53. The first kappa shape index (κ1) is 12.0. The molecular formula is C15H12BrN3. The van der Waals surface area contributed by atoms with Gasteiger partial charge in [-0.2, -0.15) is 0 Å². The molecule has 0 aliphatic heterocycles. The number of hydrogen-bond acceptors (Lipinski definition) is 2. The van der Waals surface area contributed by atoms with Gasteiger partial charge in [-0.15, -0.1) is 0 Å². The van der Waals surface area contributed by atoms with Crippen LogP contribution in [0.5, 0.6) is 0 Å². The SMILES string of the molecule is Brc1ccccc1-n1ccnc1Nc1ccccc1. The van der Waals surface area contributed by atoms with Gasteiger partial charge in [0.25, 0.3) is 0 Å². The topological polar surface area (TPSA) is 29.9 Å². The number of imidazole rings is 1. The number of anilines is 2. The van der Waals surface area contributed by atoms with E-state index in [4.69, 9.17) is 0 Å². The van der Waals surface area contributed by atoms with Gasteiger partial charge in [0.15, 0.2) is 0 Å². The Labute approximate surface area is 120 Å². The molecule has 2 aromatic carbocycles. The highest BCUT2D eigenvalue weighted by molar-refractivity contribution is 9.10. The van der Waals surface area contributed by atoms with Crippen LogP contribution in [0.3, 0.4) is 0 Å². The minimum absolute atomic E-state index is 0.790. The summed E-state index contributed by atoms with van der Waals surface area (Å²) in [4.78, 5) is 4.36. The van der Waals surface area contributed by atoms with E-state index < -0.39 is 0 Å². The monoisotopic (exact) mass is 313 g/mol. The molecule has 0 aliphatic carbocycles. The quantitative estimate of drug-likeness (QED) is 0.777. The molecule has 3 nitrogen and oxygen atoms in total. The second-order valence-corrected chi connectivity index (χ2v) is 4.92. The van der Waals surface area contributed by atoms with E-state index >= 15 is 0 Å². The Balaban J connectivity index is 1.98. The number of nitrogens with one attached hydrogen (secondary N) is 1. The minimum Gasteiger partial charge on any atom is -0.325 e. The van der Waals surface area contributed by atoms with Crippen molar-refractivity contribution in [1.82, 2.24) is 9.55 Å². The van der Waals surface area contributed by atoms with Crippen LogP contribution in [-0.4, -0.2) is 9.55 Å². The van der Waals surface area contributed by atoms with E-state index in [2.05, 4.69) is 26.2 Å². The highest BCUT2D eigenvalue weighted by atomic mass is 79.9. The van der Waals surface area contributed by atoms with E-state index in [0.29, 0.717) is 0 Å². The van der Waals surface area contributed by atoms with Gasteiger partial charge in [0.1, 0.15) is 0 Å². The largest absolute Gasteiger partial charge is 0.325 e. The van der Waals surface area contributed by atoms with Crippen molar-refractivity contribution in [3.8, 4) is 5.69 Å². The second-order valence-electron chi connectivity index (χ2n) is 4.06.